The van der Waals surface area contributed by atoms with Gasteiger partial charge >= 0.3 is 0 Å². The second-order valence-corrected chi connectivity index (χ2v) is 8.99. The van der Waals surface area contributed by atoms with Crippen molar-refractivity contribution in [1.82, 2.24) is 20.6 Å². The second-order valence-electron chi connectivity index (χ2n) is 8.50. The molecule has 2 aliphatic rings. The second kappa shape index (κ2) is 12.0. The molecule has 0 fully saturated rings. The Bertz CT molecular complexity index is 1140. The molecule has 10 heteroatoms. The Morgan fingerprint density at radius 2 is 1.97 bits per heavy atom. The molecule has 1 aromatic carbocycles. The molecule has 4 rings (SSSR count). The number of hydrogen-bond donors (Lipinski definition) is 2. The first-order valence-electron chi connectivity index (χ1n) is 11.9. The van der Waals surface area contributed by atoms with Crippen LogP contribution in [0.1, 0.15) is 44.9 Å². The van der Waals surface area contributed by atoms with E-state index in [1.165, 1.54) is 6.33 Å². The number of aromatic nitrogens is 2. The number of rotatable bonds is 1. The summed E-state index contributed by atoms with van der Waals surface area (Å²) >= 11 is 6.35. The summed E-state index contributed by atoms with van der Waals surface area (Å²) in [5.41, 5.74) is 1.56. The van der Waals surface area contributed by atoms with Crippen LogP contribution in [-0.2, 0) is 14.4 Å². The average Bonchev–Trinajstić information content (AvgIpc) is 2.86. The van der Waals surface area contributed by atoms with Crippen molar-refractivity contribution < 1.29 is 19.2 Å². The number of nitrogens with one attached hydrogen (secondary N) is 2. The Morgan fingerprint density at radius 1 is 1.11 bits per heavy atom. The zero-order chi connectivity index (χ0) is 24.6. The first-order valence-corrected chi connectivity index (χ1v) is 12.3. The molecule has 2 N–H and O–H groups in total. The van der Waals surface area contributed by atoms with Crippen molar-refractivity contribution >= 4 is 40.1 Å². The fourth-order valence-electron chi connectivity index (χ4n) is 4.21. The van der Waals surface area contributed by atoms with Crippen molar-refractivity contribution in [3.8, 4) is 5.75 Å². The molecular formula is C25H30ClN5O4. The molecule has 186 valence electrons. The minimum atomic E-state index is -0.227. The zero-order valence-electron chi connectivity index (χ0n) is 19.8. The number of halogens is 1. The molecule has 35 heavy (non-hydrogen) atoms. The quantitative estimate of drug-likeness (QED) is 0.615. The molecular weight excluding hydrogens is 470 g/mol. The van der Waals surface area contributed by atoms with E-state index in [0.29, 0.717) is 61.9 Å². The van der Waals surface area contributed by atoms with Crippen LogP contribution in [0.4, 0.5) is 5.82 Å². The molecule has 2 amide bonds. The maximum absolute atomic E-state index is 12.4. The lowest BCUT2D eigenvalue weighted by Crippen LogP contribution is -2.38. The highest BCUT2D eigenvalue weighted by Crippen LogP contribution is 2.34. The number of carbonyl (C=O) groups is 2. The van der Waals surface area contributed by atoms with E-state index in [0.717, 1.165) is 29.3 Å². The Balaban J connectivity index is 1.69. The number of ether oxygens (including phenoxy) is 1. The van der Waals surface area contributed by atoms with Crippen LogP contribution >= 0.6 is 11.6 Å². The average molecular weight is 500 g/mol. The number of anilines is 1. The number of amides is 2. The van der Waals surface area contributed by atoms with Crippen LogP contribution in [0, 0.1) is 0 Å². The van der Waals surface area contributed by atoms with Gasteiger partial charge in [0.1, 0.15) is 12.1 Å². The lowest BCUT2D eigenvalue weighted by Gasteiger charge is -2.34. The van der Waals surface area contributed by atoms with Crippen LogP contribution in [0.3, 0.4) is 0 Å². The van der Waals surface area contributed by atoms with Crippen LogP contribution in [-0.4, -0.2) is 48.1 Å². The monoisotopic (exact) mass is 499 g/mol. The SMILES string of the molecule is CON1c2ncnc3ccc(cc23)OCCCCC(=O)NCCCC(=O)NC=C2C=C(Cl)CCC21. The molecule has 0 radical (unpaired) electrons. The van der Waals surface area contributed by atoms with Gasteiger partial charge in [-0.2, -0.15) is 0 Å². The number of nitrogens with zero attached hydrogens (tertiary/aromatic N) is 3. The van der Waals surface area contributed by atoms with E-state index in [2.05, 4.69) is 20.6 Å². The normalized spacial score (nSPS) is 20.7. The fraction of sp³-hybridized carbons (Fsp3) is 0.440. The van der Waals surface area contributed by atoms with E-state index in [9.17, 15) is 9.59 Å². The fourth-order valence-corrected chi connectivity index (χ4v) is 4.44. The van der Waals surface area contributed by atoms with E-state index < -0.39 is 0 Å². The van der Waals surface area contributed by atoms with Gasteiger partial charge in [0.2, 0.25) is 11.8 Å². The number of hydroxylamine groups is 1. The van der Waals surface area contributed by atoms with Crippen LogP contribution in [0.25, 0.3) is 10.9 Å². The van der Waals surface area contributed by atoms with Crippen LogP contribution in [0.5, 0.6) is 5.75 Å². The molecule has 1 aromatic heterocycles. The van der Waals surface area contributed by atoms with Crippen molar-refractivity contribution in [1.29, 1.82) is 0 Å². The highest BCUT2D eigenvalue weighted by molar-refractivity contribution is 6.29. The Morgan fingerprint density at radius 3 is 2.83 bits per heavy atom. The molecule has 2 heterocycles. The summed E-state index contributed by atoms with van der Waals surface area (Å²) in [6.45, 7) is 0.955. The third-order valence-electron chi connectivity index (χ3n) is 6.01. The summed E-state index contributed by atoms with van der Waals surface area (Å²) in [5.74, 6) is 1.15. The minimum absolute atomic E-state index is 0.0149. The molecule has 1 aliphatic heterocycles. The predicted octanol–water partition coefficient (Wildman–Crippen LogP) is 3.74. The number of allylic oxidation sites excluding steroid dienone is 1. The van der Waals surface area contributed by atoms with Gasteiger partial charge in [-0.3, -0.25) is 14.4 Å². The third kappa shape index (κ3) is 6.49. The van der Waals surface area contributed by atoms with Gasteiger partial charge in [-0.15, -0.1) is 0 Å². The van der Waals surface area contributed by atoms with Gasteiger partial charge in [0.25, 0.3) is 0 Å². The summed E-state index contributed by atoms with van der Waals surface area (Å²) in [6.07, 6.45) is 9.14. The largest absolute Gasteiger partial charge is 0.494 e. The highest BCUT2D eigenvalue weighted by Gasteiger charge is 2.28. The van der Waals surface area contributed by atoms with Crippen LogP contribution in [0.2, 0.25) is 0 Å². The van der Waals surface area contributed by atoms with Crippen LogP contribution < -0.4 is 20.4 Å². The molecule has 2 bridgehead atoms. The maximum Gasteiger partial charge on any atom is 0.223 e. The lowest BCUT2D eigenvalue weighted by atomic mass is 9.96. The third-order valence-corrected chi connectivity index (χ3v) is 6.31. The van der Waals surface area contributed by atoms with E-state index >= 15 is 0 Å². The van der Waals surface area contributed by atoms with Gasteiger partial charge in [0, 0.05) is 36.0 Å². The molecule has 0 spiro atoms. The minimum Gasteiger partial charge on any atom is -0.494 e. The summed E-state index contributed by atoms with van der Waals surface area (Å²) in [6, 6.07) is 5.44. The summed E-state index contributed by atoms with van der Waals surface area (Å²) in [7, 11) is 1.59. The van der Waals surface area contributed by atoms with Crippen molar-refractivity contribution in [3.05, 3.63) is 47.4 Å². The molecule has 0 saturated carbocycles. The topological polar surface area (TPSA) is 106 Å². The summed E-state index contributed by atoms with van der Waals surface area (Å²) in [4.78, 5) is 39.2. The summed E-state index contributed by atoms with van der Waals surface area (Å²) in [5, 5.41) is 8.95. The standard InChI is InChI=1S/C25H30ClN5O4/c1-34-31-22-10-7-18(26)13-17(22)15-28-24(33)6-4-11-27-23(32)5-2-3-12-35-19-8-9-21-20(14-19)25(31)30-16-29-21/h8-9,13-16,22H,2-7,10-12H2,1H3,(H,27,32)(H,28,33). The van der Waals surface area contributed by atoms with Crippen molar-refractivity contribution in [2.75, 3.05) is 25.3 Å². The van der Waals surface area contributed by atoms with Gasteiger partial charge in [0.15, 0.2) is 5.82 Å². The molecule has 1 aliphatic carbocycles. The maximum atomic E-state index is 12.4. The zero-order valence-corrected chi connectivity index (χ0v) is 20.5. The predicted molar refractivity (Wildman–Crippen MR) is 134 cm³/mol. The number of benzene rings is 1. The lowest BCUT2D eigenvalue weighted by molar-refractivity contribution is -0.122. The van der Waals surface area contributed by atoms with E-state index in [4.69, 9.17) is 21.2 Å². The van der Waals surface area contributed by atoms with E-state index in [-0.39, 0.29) is 17.9 Å². The van der Waals surface area contributed by atoms with Gasteiger partial charge < -0.3 is 15.4 Å². The first-order chi connectivity index (χ1) is 17.0. The van der Waals surface area contributed by atoms with Crippen molar-refractivity contribution in [2.24, 2.45) is 0 Å². The molecule has 1 unspecified atom stereocenters. The Kier molecular flexibility index (Phi) is 8.54. The van der Waals surface area contributed by atoms with Gasteiger partial charge in [0.05, 0.1) is 25.3 Å². The summed E-state index contributed by atoms with van der Waals surface area (Å²) < 4.78 is 5.95. The molecule has 0 saturated heterocycles. The van der Waals surface area contributed by atoms with Gasteiger partial charge in [-0.25, -0.2) is 15.0 Å². The number of hydrogen-bond acceptors (Lipinski definition) is 7. The van der Waals surface area contributed by atoms with Crippen LogP contribution in [0.15, 0.2) is 47.4 Å². The van der Waals surface area contributed by atoms with E-state index in [1.807, 2.05) is 24.3 Å². The molecule has 1 atom stereocenters. The number of carbonyl (C=O) groups excluding carboxylic acids is 2. The Labute approximate surface area is 209 Å². The smallest absolute Gasteiger partial charge is 0.223 e. The van der Waals surface area contributed by atoms with Gasteiger partial charge in [-0.05, 0) is 62.0 Å². The number of fused-ring (bicyclic) bond motifs is 2. The first kappa shape index (κ1) is 24.9. The van der Waals surface area contributed by atoms with E-state index in [1.54, 1.807) is 18.4 Å². The van der Waals surface area contributed by atoms with Gasteiger partial charge in [-0.1, -0.05) is 11.6 Å². The molecule has 2 aromatic rings. The molecule has 9 nitrogen and oxygen atoms in total. The van der Waals surface area contributed by atoms with Crippen molar-refractivity contribution in [2.45, 2.75) is 51.0 Å². The highest BCUT2D eigenvalue weighted by atomic mass is 35.5. The Hall–Kier alpha value is -3.17. The van der Waals surface area contributed by atoms with Crippen molar-refractivity contribution in [3.63, 3.8) is 0 Å².